The summed E-state index contributed by atoms with van der Waals surface area (Å²) in [6.45, 7) is 1.15. The molecule has 2 aromatic heterocycles. The Morgan fingerprint density at radius 3 is 2.38 bits per heavy atom. The van der Waals surface area contributed by atoms with Gasteiger partial charge >= 0.3 is 12.4 Å². The van der Waals surface area contributed by atoms with Crippen LogP contribution < -0.4 is 20.9 Å². The van der Waals surface area contributed by atoms with Crippen molar-refractivity contribution in [3.63, 3.8) is 0 Å². The van der Waals surface area contributed by atoms with Crippen molar-refractivity contribution in [3.8, 4) is 0 Å². The van der Waals surface area contributed by atoms with Gasteiger partial charge in [0, 0.05) is 56.1 Å². The van der Waals surface area contributed by atoms with E-state index in [0.29, 0.717) is 31.6 Å². The molecule has 0 fully saturated rings. The van der Waals surface area contributed by atoms with Crippen LogP contribution in [0.3, 0.4) is 0 Å². The third kappa shape index (κ3) is 6.61. The van der Waals surface area contributed by atoms with E-state index in [1.54, 1.807) is 11.9 Å². The molecule has 39 heavy (non-hydrogen) atoms. The normalized spacial score (nSPS) is 20.4. The van der Waals surface area contributed by atoms with Crippen molar-refractivity contribution in [2.45, 2.75) is 37.4 Å². The quantitative estimate of drug-likeness (QED) is 0.458. The second kappa shape index (κ2) is 11.0. The second-order valence-corrected chi connectivity index (χ2v) is 9.62. The Morgan fingerprint density at radius 2 is 1.77 bits per heavy atom. The van der Waals surface area contributed by atoms with E-state index in [1.165, 1.54) is 18.3 Å². The Labute approximate surface area is 222 Å². The maximum atomic E-state index is 13.7. The van der Waals surface area contributed by atoms with Crippen LogP contribution in [0.1, 0.15) is 30.4 Å². The number of nitrogens with one attached hydrogen (secondary N) is 3. The van der Waals surface area contributed by atoms with Gasteiger partial charge in [-0.1, -0.05) is 0 Å². The monoisotopic (exact) mass is 556 g/mol. The second-order valence-electron chi connectivity index (χ2n) is 9.62. The summed E-state index contributed by atoms with van der Waals surface area (Å²) in [7, 11) is 5.57. The molecular weight excluding hydrogens is 526 g/mol. The summed E-state index contributed by atoms with van der Waals surface area (Å²) in [6, 6.07) is 4.42. The van der Waals surface area contributed by atoms with Crippen molar-refractivity contribution in [3.05, 3.63) is 59.1 Å². The molecule has 0 saturated carbocycles. The lowest BCUT2D eigenvalue weighted by Gasteiger charge is -2.38. The molecule has 2 aliphatic heterocycles. The first-order valence-corrected chi connectivity index (χ1v) is 12.3. The first-order valence-electron chi connectivity index (χ1n) is 12.3. The van der Waals surface area contributed by atoms with Gasteiger partial charge in [0.05, 0.1) is 11.1 Å². The van der Waals surface area contributed by atoms with Gasteiger partial charge in [-0.3, -0.25) is 5.32 Å². The van der Waals surface area contributed by atoms with E-state index >= 15 is 0 Å². The van der Waals surface area contributed by atoms with Crippen molar-refractivity contribution in [2.24, 2.45) is 4.99 Å². The molecule has 0 saturated heterocycles. The van der Waals surface area contributed by atoms with Crippen molar-refractivity contribution in [1.82, 2.24) is 25.5 Å². The number of aromatic nitrogens is 2. The van der Waals surface area contributed by atoms with Crippen molar-refractivity contribution in [2.75, 3.05) is 51.0 Å². The average molecular weight is 557 g/mol. The number of halogens is 6. The Hall–Kier alpha value is -3.39. The molecule has 0 amide bonds. The summed E-state index contributed by atoms with van der Waals surface area (Å²) in [5.74, 6) is -0.538. The molecule has 0 spiro atoms. The summed E-state index contributed by atoms with van der Waals surface area (Å²) in [5.41, 5.74) is -0.190. The van der Waals surface area contributed by atoms with Gasteiger partial charge in [0.2, 0.25) is 0 Å². The molecule has 0 radical (unpaired) electrons. The van der Waals surface area contributed by atoms with Crippen LogP contribution in [0.2, 0.25) is 0 Å². The molecule has 8 nitrogen and oxygen atoms in total. The maximum Gasteiger partial charge on any atom is 0.419 e. The van der Waals surface area contributed by atoms with Crippen LogP contribution in [0.25, 0.3) is 0 Å². The number of pyridine rings is 2. The molecule has 4 rings (SSSR count). The Bertz CT molecular complexity index is 1220. The molecule has 0 bridgehead atoms. The minimum absolute atomic E-state index is 0.145. The molecule has 0 aliphatic carbocycles. The van der Waals surface area contributed by atoms with E-state index in [4.69, 9.17) is 4.99 Å². The van der Waals surface area contributed by atoms with Crippen LogP contribution >= 0.6 is 0 Å². The highest BCUT2D eigenvalue weighted by atomic mass is 19.4. The number of alkyl halides is 6. The van der Waals surface area contributed by atoms with Crippen LogP contribution in [0.5, 0.6) is 0 Å². The molecule has 2 aromatic rings. The lowest BCUT2D eigenvalue weighted by atomic mass is 10.0. The van der Waals surface area contributed by atoms with Gasteiger partial charge in [-0.2, -0.15) is 26.3 Å². The van der Waals surface area contributed by atoms with Crippen molar-refractivity contribution in [1.29, 1.82) is 0 Å². The fourth-order valence-corrected chi connectivity index (χ4v) is 4.53. The van der Waals surface area contributed by atoms with Gasteiger partial charge in [0.15, 0.2) is 5.79 Å². The number of hydrogen-bond acceptors (Lipinski definition) is 8. The summed E-state index contributed by atoms with van der Waals surface area (Å²) in [4.78, 5) is 16.4. The van der Waals surface area contributed by atoms with Gasteiger partial charge < -0.3 is 20.4 Å². The van der Waals surface area contributed by atoms with Gasteiger partial charge in [0.1, 0.15) is 17.5 Å². The van der Waals surface area contributed by atoms with Crippen LogP contribution in [0, 0.1) is 0 Å². The van der Waals surface area contributed by atoms with Crippen LogP contribution in [-0.2, 0) is 12.4 Å². The lowest BCUT2D eigenvalue weighted by Crippen LogP contribution is -2.58. The molecule has 3 N–H and O–H groups in total. The van der Waals surface area contributed by atoms with Gasteiger partial charge in [-0.05, 0) is 51.8 Å². The largest absolute Gasteiger partial charge is 0.419 e. The van der Waals surface area contributed by atoms with E-state index in [9.17, 15) is 26.3 Å². The third-order valence-electron chi connectivity index (χ3n) is 6.64. The third-order valence-corrected chi connectivity index (χ3v) is 6.64. The van der Waals surface area contributed by atoms with E-state index in [-0.39, 0.29) is 24.7 Å². The van der Waals surface area contributed by atoms with Crippen LogP contribution in [0.4, 0.5) is 38.0 Å². The van der Waals surface area contributed by atoms with Crippen molar-refractivity contribution >= 4 is 17.5 Å². The zero-order chi connectivity index (χ0) is 28.4. The molecule has 0 aromatic carbocycles. The van der Waals surface area contributed by atoms with Gasteiger partial charge in [-0.15, -0.1) is 0 Å². The molecule has 14 heteroatoms. The molecule has 2 aliphatic rings. The number of aliphatic imine (C=N–C) groups is 1. The SMILES string of the molecule is CNC1(CCN(C)C)N=C(Nc2ccc(C(F)(F)F)cn2)C2=C(CCN(c3ncccc3C(F)(F)F)CC2)N1. The number of anilines is 2. The fraction of sp³-hybridized carbons (Fsp3) is 0.480. The summed E-state index contributed by atoms with van der Waals surface area (Å²) >= 11 is 0. The molecule has 4 heterocycles. The van der Waals surface area contributed by atoms with E-state index < -0.39 is 29.3 Å². The number of rotatable bonds is 6. The minimum Gasteiger partial charge on any atom is -0.355 e. The smallest absolute Gasteiger partial charge is 0.355 e. The highest BCUT2D eigenvalue weighted by Gasteiger charge is 2.39. The fourth-order valence-electron chi connectivity index (χ4n) is 4.53. The lowest BCUT2D eigenvalue weighted by molar-refractivity contribution is -0.138. The Balaban J connectivity index is 1.66. The van der Waals surface area contributed by atoms with E-state index in [2.05, 4.69) is 25.9 Å². The molecule has 1 unspecified atom stereocenters. The Kier molecular flexibility index (Phi) is 8.07. The zero-order valence-electron chi connectivity index (χ0n) is 21.7. The summed E-state index contributed by atoms with van der Waals surface area (Å²) in [5, 5.41) is 9.71. The number of hydrogen-bond donors (Lipinski definition) is 3. The standard InChI is InChI=1S/C25H30F6N8/c1-32-23(10-14-38(2)3)36-19-9-13-39(22-18(25(29,30)31)5-4-11-33-22)12-8-17(19)21(37-23)35-20-7-6-16(15-34-20)24(26,27)28/h4-7,11,15,32,36H,8-10,12-14H2,1-3H3,(H,34,35,37). The number of nitrogens with zero attached hydrogens (tertiary/aromatic N) is 5. The minimum atomic E-state index is -4.56. The first-order chi connectivity index (χ1) is 18.3. The van der Waals surface area contributed by atoms with E-state index in [1.807, 2.05) is 19.0 Å². The molecule has 212 valence electrons. The number of amidine groups is 1. The Morgan fingerprint density at radius 1 is 1.03 bits per heavy atom. The van der Waals surface area contributed by atoms with Crippen molar-refractivity contribution < 1.29 is 26.3 Å². The topological polar surface area (TPSA) is 80.7 Å². The zero-order valence-corrected chi connectivity index (χ0v) is 21.7. The van der Waals surface area contributed by atoms with Gasteiger partial charge in [-0.25, -0.2) is 15.0 Å². The first kappa shape index (κ1) is 28.6. The molecular formula is C25H30F6N8. The highest BCUT2D eigenvalue weighted by molar-refractivity contribution is 6.08. The maximum absolute atomic E-state index is 13.7. The molecule has 1 atom stereocenters. The van der Waals surface area contributed by atoms with E-state index in [0.717, 1.165) is 29.6 Å². The summed E-state index contributed by atoms with van der Waals surface area (Å²) < 4.78 is 80.2. The predicted molar refractivity (Wildman–Crippen MR) is 136 cm³/mol. The predicted octanol–water partition coefficient (Wildman–Crippen LogP) is 4.31. The van der Waals surface area contributed by atoms with Crippen LogP contribution in [0.15, 0.2) is 52.9 Å². The average Bonchev–Trinajstić information content (AvgIpc) is 3.09. The summed E-state index contributed by atoms with van der Waals surface area (Å²) in [6.07, 6.45) is -5.79. The van der Waals surface area contributed by atoms with Gasteiger partial charge in [0.25, 0.3) is 0 Å². The highest BCUT2D eigenvalue weighted by Crippen LogP contribution is 2.37. The van der Waals surface area contributed by atoms with Crippen LogP contribution in [-0.4, -0.2) is 67.3 Å².